The van der Waals surface area contributed by atoms with Gasteiger partial charge in [0.2, 0.25) is 0 Å². The Bertz CT molecular complexity index is 1420. The first kappa shape index (κ1) is 24.2. The van der Waals surface area contributed by atoms with Gasteiger partial charge in [0, 0.05) is 6.07 Å². The lowest BCUT2D eigenvalue weighted by Crippen LogP contribution is -2.54. The number of ether oxygens (including phenoxy) is 2. The van der Waals surface area contributed by atoms with E-state index in [0.717, 1.165) is 0 Å². The van der Waals surface area contributed by atoms with Crippen molar-refractivity contribution >= 4 is 52.6 Å². The monoisotopic (exact) mass is 503 g/mol. The van der Waals surface area contributed by atoms with Gasteiger partial charge in [0.1, 0.15) is 22.6 Å². The summed E-state index contributed by atoms with van der Waals surface area (Å²) in [5, 5.41) is 13.6. The van der Waals surface area contributed by atoms with Crippen LogP contribution in [0.25, 0.3) is 6.08 Å². The molecule has 36 heavy (non-hydrogen) atoms. The van der Waals surface area contributed by atoms with Crippen molar-refractivity contribution < 1.29 is 28.8 Å². The van der Waals surface area contributed by atoms with Gasteiger partial charge >= 0.3 is 5.97 Å². The first-order chi connectivity index (χ1) is 17.3. The number of amides is 2. The van der Waals surface area contributed by atoms with E-state index in [4.69, 9.17) is 21.7 Å². The van der Waals surface area contributed by atoms with Crippen LogP contribution in [0.2, 0.25) is 0 Å². The second kappa shape index (κ2) is 10.2. The van der Waals surface area contributed by atoms with E-state index in [2.05, 4.69) is 5.32 Å². The minimum absolute atomic E-state index is 0.0513. The number of nitro benzene ring substituents is 1. The van der Waals surface area contributed by atoms with Gasteiger partial charge in [-0.25, -0.2) is 4.79 Å². The average Bonchev–Trinajstić information content (AvgIpc) is 2.87. The third kappa shape index (κ3) is 4.95. The summed E-state index contributed by atoms with van der Waals surface area (Å²) >= 11 is 5.19. The number of anilines is 1. The van der Waals surface area contributed by atoms with Gasteiger partial charge in [-0.2, -0.15) is 0 Å². The minimum atomic E-state index is -0.890. The van der Waals surface area contributed by atoms with Crippen LogP contribution < -0.4 is 19.7 Å². The topological polar surface area (TPSA) is 128 Å². The number of thiocarbonyl (C=S) groups is 1. The molecule has 4 rings (SSSR count). The van der Waals surface area contributed by atoms with E-state index < -0.39 is 22.7 Å². The SMILES string of the molecule is COc1ccc(N2C(=O)/C(=C\c3ccc(OC(=O)c4ccccc4[N+](=O)[O-])cc3)C(=O)NC2=S)cc1. The van der Waals surface area contributed by atoms with Crippen LogP contribution in [0.1, 0.15) is 15.9 Å². The summed E-state index contributed by atoms with van der Waals surface area (Å²) in [6, 6.07) is 18.0. The number of nitro groups is 1. The van der Waals surface area contributed by atoms with Crippen LogP contribution in [-0.4, -0.2) is 34.9 Å². The summed E-state index contributed by atoms with van der Waals surface area (Å²) < 4.78 is 10.4. The molecular weight excluding hydrogens is 486 g/mol. The molecule has 0 aromatic heterocycles. The fourth-order valence-corrected chi connectivity index (χ4v) is 3.67. The number of rotatable bonds is 6. The van der Waals surface area contributed by atoms with Crippen LogP contribution in [0.3, 0.4) is 0 Å². The van der Waals surface area contributed by atoms with Crippen molar-refractivity contribution in [3.63, 3.8) is 0 Å². The highest BCUT2D eigenvalue weighted by Gasteiger charge is 2.34. The molecule has 11 heteroatoms. The predicted molar refractivity (Wildman–Crippen MR) is 134 cm³/mol. The molecule has 3 aromatic carbocycles. The van der Waals surface area contributed by atoms with Crippen LogP contribution in [0.15, 0.2) is 78.4 Å². The number of nitrogens with one attached hydrogen (secondary N) is 1. The first-order valence-electron chi connectivity index (χ1n) is 10.4. The number of nitrogens with zero attached hydrogens (tertiary/aromatic N) is 2. The fraction of sp³-hybridized carbons (Fsp3) is 0.0400. The maximum Gasteiger partial charge on any atom is 0.350 e. The lowest BCUT2D eigenvalue weighted by Gasteiger charge is -2.29. The Kier molecular flexibility index (Phi) is 6.84. The number of carbonyl (C=O) groups excluding carboxylic acids is 3. The number of benzene rings is 3. The molecule has 1 aliphatic rings. The van der Waals surface area contributed by atoms with E-state index in [0.29, 0.717) is 17.0 Å². The van der Waals surface area contributed by atoms with Crippen molar-refractivity contribution in [3.05, 3.63) is 99.6 Å². The Morgan fingerprint density at radius 1 is 1.00 bits per heavy atom. The number of carbonyl (C=O) groups is 3. The van der Waals surface area contributed by atoms with E-state index in [1.54, 1.807) is 24.3 Å². The van der Waals surface area contributed by atoms with Crippen LogP contribution in [-0.2, 0) is 9.59 Å². The van der Waals surface area contributed by atoms with E-state index in [-0.39, 0.29) is 27.7 Å². The zero-order chi connectivity index (χ0) is 25.8. The number of hydrogen-bond donors (Lipinski definition) is 1. The molecule has 10 nitrogen and oxygen atoms in total. The summed E-state index contributed by atoms with van der Waals surface area (Å²) in [5.41, 5.74) is 0.220. The lowest BCUT2D eigenvalue weighted by atomic mass is 10.1. The molecule has 180 valence electrons. The number of para-hydroxylation sites is 1. The van der Waals surface area contributed by atoms with E-state index in [1.807, 2.05) is 0 Å². The maximum atomic E-state index is 13.1. The molecule has 0 bridgehead atoms. The van der Waals surface area contributed by atoms with Crippen LogP contribution in [0, 0.1) is 10.1 Å². The summed E-state index contributed by atoms with van der Waals surface area (Å²) in [6.45, 7) is 0. The van der Waals surface area contributed by atoms with Gasteiger partial charge in [0.25, 0.3) is 17.5 Å². The molecule has 0 unspecified atom stereocenters. The van der Waals surface area contributed by atoms with Crippen molar-refractivity contribution in [2.75, 3.05) is 12.0 Å². The van der Waals surface area contributed by atoms with Crippen LogP contribution >= 0.6 is 12.2 Å². The highest BCUT2D eigenvalue weighted by molar-refractivity contribution is 7.80. The zero-order valence-electron chi connectivity index (χ0n) is 18.7. The normalized spacial score (nSPS) is 14.4. The lowest BCUT2D eigenvalue weighted by molar-refractivity contribution is -0.385. The first-order valence-corrected chi connectivity index (χ1v) is 10.8. The molecule has 0 saturated carbocycles. The molecule has 0 spiro atoms. The minimum Gasteiger partial charge on any atom is -0.497 e. The average molecular weight is 503 g/mol. The molecule has 1 aliphatic heterocycles. The van der Waals surface area contributed by atoms with Gasteiger partial charge in [-0.15, -0.1) is 0 Å². The van der Waals surface area contributed by atoms with Crippen molar-refractivity contribution in [3.8, 4) is 11.5 Å². The molecule has 1 fully saturated rings. The molecule has 0 radical (unpaired) electrons. The molecular formula is C25H17N3O7S. The highest BCUT2D eigenvalue weighted by Crippen LogP contribution is 2.25. The van der Waals surface area contributed by atoms with Crippen molar-refractivity contribution in [1.29, 1.82) is 0 Å². The molecule has 1 saturated heterocycles. The predicted octanol–water partition coefficient (Wildman–Crippen LogP) is 3.65. The van der Waals surface area contributed by atoms with Gasteiger partial charge in [-0.05, 0) is 66.3 Å². The standard InChI is InChI=1S/C25H17N3O7S/c1-34-17-12-8-16(9-13-17)27-23(30)20(22(29)26-25(27)36)14-15-6-10-18(11-7-15)35-24(31)19-4-2-3-5-21(19)28(32)33/h2-14H,1H3,(H,26,29,36)/b20-14-. The van der Waals surface area contributed by atoms with E-state index in [1.165, 1.54) is 66.6 Å². The summed E-state index contributed by atoms with van der Waals surface area (Å²) in [5.74, 6) is -1.43. The number of methoxy groups -OCH3 is 1. The highest BCUT2D eigenvalue weighted by atomic mass is 32.1. The second-order valence-electron chi connectivity index (χ2n) is 7.39. The molecule has 1 N–H and O–H groups in total. The Labute approximate surface area is 209 Å². The summed E-state index contributed by atoms with van der Waals surface area (Å²) in [7, 11) is 1.52. The number of hydrogen-bond acceptors (Lipinski definition) is 8. The molecule has 2 amide bonds. The van der Waals surface area contributed by atoms with Crippen molar-refractivity contribution in [1.82, 2.24) is 5.32 Å². The quantitative estimate of drug-likeness (QED) is 0.103. The van der Waals surface area contributed by atoms with E-state index in [9.17, 15) is 24.5 Å². The zero-order valence-corrected chi connectivity index (χ0v) is 19.5. The number of esters is 1. The second-order valence-corrected chi connectivity index (χ2v) is 7.78. The Morgan fingerprint density at radius 2 is 1.64 bits per heavy atom. The van der Waals surface area contributed by atoms with Gasteiger partial charge in [0.15, 0.2) is 5.11 Å². The smallest absolute Gasteiger partial charge is 0.350 e. The molecule has 0 aliphatic carbocycles. The van der Waals surface area contributed by atoms with Gasteiger partial charge in [-0.1, -0.05) is 24.3 Å². The van der Waals surface area contributed by atoms with Crippen molar-refractivity contribution in [2.45, 2.75) is 0 Å². The van der Waals surface area contributed by atoms with E-state index >= 15 is 0 Å². The van der Waals surface area contributed by atoms with Gasteiger partial charge in [-0.3, -0.25) is 29.9 Å². The largest absolute Gasteiger partial charge is 0.497 e. The third-order valence-electron chi connectivity index (χ3n) is 5.15. The fourth-order valence-electron chi connectivity index (χ4n) is 3.39. The maximum absolute atomic E-state index is 13.1. The molecule has 0 atom stereocenters. The summed E-state index contributed by atoms with van der Waals surface area (Å²) in [6.07, 6.45) is 1.38. The van der Waals surface area contributed by atoms with Crippen LogP contribution in [0.4, 0.5) is 11.4 Å². The molecule has 3 aromatic rings. The Morgan fingerprint density at radius 3 is 2.28 bits per heavy atom. The van der Waals surface area contributed by atoms with Crippen molar-refractivity contribution in [2.24, 2.45) is 0 Å². The van der Waals surface area contributed by atoms with Gasteiger partial charge in [0.05, 0.1) is 17.7 Å². The Hall–Kier alpha value is -4.90. The van der Waals surface area contributed by atoms with Gasteiger partial charge < -0.3 is 9.47 Å². The Balaban J connectivity index is 1.54. The third-order valence-corrected chi connectivity index (χ3v) is 5.44. The van der Waals surface area contributed by atoms with Crippen LogP contribution in [0.5, 0.6) is 11.5 Å². The summed E-state index contributed by atoms with van der Waals surface area (Å²) in [4.78, 5) is 49.7. The molecule has 1 heterocycles.